The van der Waals surface area contributed by atoms with Gasteiger partial charge >= 0.3 is 0 Å². The van der Waals surface area contributed by atoms with Crippen molar-refractivity contribution < 1.29 is 9.72 Å². The predicted octanol–water partition coefficient (Wildman–Crippen LogP) is 1.49. The summed E-state index contributed by atoms with van der Waals surface area (Å²) >= 11 is 0. The molecule has 0 bridgehead atoms. The fraction of sp³-hybridized carbons (Fsp3) is 0.182. The highest BCUT2D eigenvalue weighted by molar-refractivity contribution is 5.89. The van der Waals surface area contributed by atoms with Crippen molar-refractivity contribution in [1.29, 1.82) is 0 Å². The Morgan fingerprint density at radius 3 is 2.75 bits per heavy atom. The Labute approximate surface area is 92.1 Å². The molecule has 5 heteroatoms. The average Bonchev–Trinajstić information content (AvgIpc) is 2.65. The van der Waals surface area contributed by atoms with Crippen molar-refractivity contribution in [3.05, 3.63) is 52.1 Å². The molecular weight excluding hydrogens is 208 g/mol. The molecule has 1 aliphatic heterocycles. The molecule has 0 unspecified atom stereocenters. The zero-order chi connectivity index (χ0) is 11.5. The number of rotatable bonds is 3. The minimum absolute atomic E-state index is 0.0576. The molecule has 0 saturated carbocycles. The molecule has 5 nitrogen and oxygen atoms in total. The van der Waals surface area contributed by atoms with Crippen LogP contribution in [0.5, 0.6) is 0 Å². The van der Waals surface area contributed by atoms with Gasteiger partial charge in [-0.05, 0) is 0 Å². The number of amides is 1. The molecule has 0 spiro atoms. The summed E-state index contributed by atoms with van der Waals surface area (Å²) < 4.78 is 0. The lowest BCUT2D eigenvalue weighted by molar-refractivity contribution is -0.385. The van der Waals surface area contributed by atoms with Gasteiger partial charge in [0.25, 0.3) is 5.69 Å². The zero-order valence-electron chi connectivity index (χ0n) is 8.50. The molecule has 0 fully saturated rings. The van der Waals surface area contributed by atoms with Gasteiger partial charge in [0, 0.05) is 24.3 Å². The molecule has 2 rings (SSSR count). The number of nitro groups is 1. The summed E-state index contributed by atoms with van der Waals surface area (Å²) in [4.78, 5) is 23.2. The Hall–Kier alpha value is -2.17. The molecule has 1 aromatic rings. The first-order valence-corrected chi connectivity index (χ1v) is 4.86. The SMILES string of the molecule is O=C1C=CCN1Cc1ccccc1[N+](=O)[O-]. The van der Waals surface area contributed by atoms with Crippen molar-refractivity contribution >= 4 is 11.6 Å². The summed E-state index contributed by atoms with van der Waals surface area (Å²) in [6, 6.07) is 6.47. The van der Waals surface area contributed by atoms with Crippen LogP contribution in [-0.4, -0.2) is 22.3 Å². The summed E-state index contributed by atoms with van der Waals surface area (Å²) in [6.07, 6.45) is 3.23. The molecule has 0 aromatic heterocycles. The Balaban J connectivity index is 2.21. The standard InChI is InChI=1S/C11H10N2O3/c14-11-6-3-7-12(11)8-9-4-1-2-5-10(9)13(15)16/h1-6H,7-8H2. The summed E-state index contributed by atoms with van der Waals surface area (Å²) in [6.45, 7) is 0.799. The van der Waals surface area contributed by atoms with Crippen LogP contribution in [0.1, 0.15) is 5.56 Å². The van der Waals surface area contributed by atoms with E-state index in [4.69, 9.17) is 0 Å². The van der Waals surface area contributed by atoms with Gasteiger partial charge in [-0.15, -0.1) is 0 Å². The van der Waals surface area contributed by atoms with Gasteiger partial charge in [-0.2, -0.15) is 0 Å². The third-order valence-corrected chi connectivity index (χ3v) is 2.45. The smallest absolute Gasteiger partial charge is 0.274 e. The summed E-state index contributed by atoms with van der Waals surface area (Å²) in [5.74, 6) is -0.0989. The molecule has 0 N–H and O–H groups in total. The van der Waals surface area contributed by atoms with Crippen molar-refractivity contribution in [1.82, 2.24) is 4.90 Å². The highest BCUT2D eigenvalue weighted by atomic mass is 16.6. The van der Waals surface area contributed by atoms with E-state index in [1.54, 1.807) is 29.2 Å². The maximum atomic E-state index is 11.3. The van der Waals surface area contributed by atoms with E-state index < -0.39 is 4.92 Å². The van der Waals surface area contributed by atoms with E-state index in [1.165, 1.54) is 12.1 Å². The van der Waals surface area contributed by atoms with Gasteiger partial charge in [-0.3, -0.25) is 14.9 Å². The molecule has 82 valence electrons. The number of para-hydroxylation sites is 1. The molecule has 1 amide bonds. The second-order valence-corrected chi connectivity index (χ2v) is 3.51. The molecule has 0 aliphatic carbocycles. The molecule has 1 aromatic carbocycles. The van der Waals surface area contributed by atoms with E-state index in [2.05, 4.69) is 0 Å². The first-order chi connectivity index (χ1) is 7.68. The topological polar surface area (TPSA) is 63.5 Å². The highest BCUT2D eigenvalue weighted by Gasteiger charge is 2.19. The fourth-order valence-electron chi connectivity index (χ4n) is 1.65. The number of nitrogens with zero attached hydrogens (tertiary/aromatic N) is 2. The Kier molecular flexibility index (Phi) is 2.68. The van der Waals surface area contributed by atoms with Crippen LogP contribution in [0.25, 0.3) is 0 Å². The second kappa shape index (κ2) is 4.14. The quantitative estimate of drug-likeness (QED) is 0.570. The van der Waals surface area contributed by atoms with Gasteiger partial charge in [-0.25, -0.2) is 0 Å². The Morgan fingerprint density at radius 1 is 1.38 bits per heavy atom. The van der Waals surface area contributed by atoms with Crippen LogP contribution in [0.4, 0.5) is 5.69 Å². The monoisotopic (exact) mass is 218 g/mol. The Morgan fingerprint density at radius 2 is 2.12 bits per heavy atom. The van der Waals surface area contributed by atoms with Crippen molar-refractivity contribution in [3.8, 4) is 0 Å². The van der Waals surface area contributed by atoms with Gasteiger partial charge in [0.1, 0.15) is 0 Å². The summed E-state index contributed by atoms with van der Waals surface area (Å²) in [5, 5.41) is 10.8. The third-order valence-electron chi connectivity index (χ3n) is 2.45. The van der Waals surface area contributed by atoms with E-state index in [0.717, 1.165) is 0 Å². The van der Waals surface area contributed by atoms with Crippen molar-refractivity contribution in [2.75, 3.05) is 6.54 Å². The molecule has 1 aliphatic rings. The zero-order valence-corrected chi connectivity index (χ0v) is 8.50. The summed E-state index contributed by atoms with van der Waals surface area (Å²) in [5.41, 5.74) is 0.617. The van der Waals surface area contributed by atoms with Crippen LogP contribution in [0.15, 0.2) is 36.4 Å². The van der Waals surface area contributed by atoms with E-state index in [9.17, 15) is 14.9 Å². The second-order valence-electron chi connectivity index (χ2n) is 3.51. The van der Waals surface area contributed by atoms with Crippen LogP contribution in [-0.2, 0) is 11.3 Å². The number of nitro benzene ring substituents is 1. The van der Waals surface area contributed by atoms with E-state index >= 15 is 0 Å². The van der Waals surface area contributed by atoms with Crippen LogP contribution in [0, 0.1) is 10.1 Å². The third kappa shape index (κ3) is 1.93. The van der Waals surface area contributed by atoms with Gasteiger partial charge in [-0.1, -0.05) is 24.3 Å². The predicted molar refractivity (Wildman–Crippen MR) is 57.7 cm³/mol. The van der Waals surface area contributed by atoms with E-state index in [0.29, 0.717) is 12.1 Å². The maximum absolute atomic E-state index is 11.3. The number of hydrogen-bond donors (Lipinski definition) is 0. The molecule has 16 heavy (non-hydrogen) atoms. The molecule has 0 saturated heterocycles. The van der Waals surface area contributed by atoms with Crippen molar-refractivity contribution in [2.45, 2.75) is 6.54 Å². The lowest BCUT2D eigenvalue weighted by atomic mass is 10.1. The van der Waals surface area contributed by atoms with Crippen LogP contribution >= 0.6 is 0 Å². The number of hydrogen-bond acceptors (Lipinski definition) is 3. The Bertz CT molecular complexity index is 468. The van der Waals surface area contributed by atoms with Crippen LogP contribution in [0.3, 0.4) is 0 Å². The number of benzene rings is 1. The van der Waals surface area contributed by atoms with Crippen molar-refractivity contribution in [2.24, 2.45) is 0 Å². The maximum Gasteiger partial charge on any atom is 0.274 e. The largest absolute Gasteiger partial charge is 0.331 e. The molecular formula is C11H10N2O3. The fourth-order valence-corrected chi connectivity index (χ4v) is 1.65. The normalized spacial score (nSPS) is 14.5. The van der Waals surface area contributed by atoms with Gasteiger partial charge < -0.3 is 4.90 Å². The number of carbonyl (C=O) groups is 1. The first kappa shape index (κ1) is 10.4. The lowest BCUT2D eigenvalue weighted by Crippen LogP contribution is -2.25. The van der Waals surface area contributed by atoms with Gasteiger partial charge in [0.15, 0.2) is 0 Å². The summed E-state index contributed by atoms with van der Waals surface area (Å²) in [7, 11) is 0. The molecule has 0 radical (unpaired) electrons. The average molecular weight is 218 g/mol. The molecule has 0 atom stereocenters. The van der Waals surface area contributed by atoms with Gasteiger partial charge in [0.2, 0.25) is 5.91 Å². The highest BCUT2D eigenvalue weighted by Crippen LogP contribution is 2.20. The van der Waals surface area contributed by atoms with E-state index in [-0.39, 0.29) is 18.1 Å². The number of carbonyl (C=O) groups excluding carboxylic acids is 1. The van der Waals surface area contributed by atoms with Crippen LogP contribution in [0.2, 0.25) is 0 Å². The lowest BCUT2D eigenvalue weighted by Gasteiger charge is -2.15. The minimum Gasteiger partial charge on any atom is -0.331 e. The first-order valence-electron chi connectivity index (χ1n) is 4.86. The van der Waals surface area contributed by atoms with Gasteiger partial charge in [0.05, 0.1) is 11.5 Å². The van der Waals surface area contributed by atoms with Crippen LogP contribution < -0.4 is 0 Å². The molecule has 1 heterocycles. The van der Waals surface area contributed by atoms with E-state index in [1.807, 2.05) is 0 Å². The van der Waals surface area contributed by atoms with Crippen molar-refractivity contribution in [3.63, 3.8) is 0 Å². The minimum atomic E-state index is -0.427.